The first-order chi connectivity index (χ1) is 12.1. The Balaban J connectivity index is 1.98. The number of anilines is 1. The molecule has 0 aliphatic heterocycles. The van der Waals surface area contributed by atoms with E-state index in [4.69, 9.17) is 0 Å². The van der Waals surface area contributed by atoms with E-state index in [1.807, 2.05) is 18.2 Å². The summed E-state index contributed by atoms with van der Waals surface area (Å²) in [6.07, 6.45) is 4.00. The molecular formula is C19H28N4O2. The van der Waals surface area contributed by atoms with Gasteiger partial charge in [0.1, 0.15) is 0 Å². The van der Waals surface area contributed by atoms with Gasteiger partial charge < -0.3 is 20.1 Å². The van der Waals surface area contributed by atoms with Crippen molar-refractivity contribution < 1.29 is 4.79 Å². The minimum absolute atomic E-state index is 0.0731. The normalized spacial score (nSPS) is 11.0. The highest BCUT2D eigenvalue weighted by atomic mass is 16.2. The molecule has 2 aromatic rings. The number of carbonyl (C=O) groups is 1. The van der Waals surface area contributed by atoms with E-state index in [2.05, 4.69) is 29.4 Å². The van der Waals surface area contributed by atoms with Gasteiger partial charge in [0.15, 0.2) is 0 Å². The Hall–Kier alpha value is -2.34. The van der Waals surface area contributed by atoms with Crippen molar-refractivity contribution in [3.8, 4) is 0 Å². The SMILES string of the molecule is CCCCN(CC)CCNC(=O)Nc1cn(C)c(=O)c2ccccc12. The van der Waals surface area contributed by atoms with Gasteiger partial charge in [-0.15, -0.1) is 0 Å². The van der Waals surface area contributed by atoms with Gasteiger partial charge in [0.05, 0.1) is 5.69 Å². The molecule has 136 valence electrons. The number of amides is 2. The van der Waals surface area contributed by atoms with Gasteiger partial charge in [0.25, 0.3) is 5.56 Å². The Morgan fingerprint density at radius 1 is 1.16 bits per heavy atom. The Morgan fingerprint density at radius 2 is 1.88 bits per heavy atom. The molecule has 6 nitrogen and oxygen atoms in total. The van der Waals surface area contributed by atoms with Crippen LogP contribution in [0, 0.1) is 0 Å². The molecule has 0 saturated heterocycles. The highest BCUT2D eigenvalue weighted by Crippen LogP contribution is 2.19. The molecule has 0 fully saturated rings. The molecule has 1 aromatic carbocycles. The van der Waals surface area contributed by atoms with Crippen molar-refractivity contribution in [1.82, 2.24) is 14.8 Å². The molecule has 1 aromatic heterocycles. The lowest BCUT2D eigenvalue weighted by Crippen LogP contribution is -2.37. The van der Waals surface area contributed by atoms with Crippen molar-refractivity contribution in [2.45, 2.75) is 26.7 Å². The number of hydrogen-bond acceptors (Lipinski definition) is 3. The Kier molecular flexibility index (Phi) is 7.01. The first-order valence-electron chi connectivity index (χ1n) is 8.92. The number of nitrogens with one attached hydrogen (secondary N) is 2. The largest absolute Gasteiger partial charge is 0.337 e. The summed E-state index contributed by atoms with van der Waals surface area (Å²) < 4.78 is 1.49. The number of aromatic nitrogens is 1. The minimum atomic E-state index is -0.254. The van der Waals surface area contributed by atoms with Crippen LogP contribution in [0.4, 0.5) is 10.5 Å². The highest BCUT2D eigenvalue weighted by molar-refractivity contribution is 6.00. The Morgan fingerprint density at radius 3 is 2.56 bits per heavy atom. The van der Waals surface area contributed by atoms with Gasteiger partial charge in [-0.05, 0) is 25.6 Å². The van der Waals surface area contributed by atoms with Crippen LogP contribution in [0.1, 0.15) is 26.7 Å². The number of pyridine rings is 1. The van der Waals surface area contributed by atoms with Crippen molar-refractivity contribution >= 4 is 22.5 Å². The molecule has 0 radical (unpaired) electrons. The van der Waals surface area contributed by atoms with Gasteiger partial charge in [-0.3, -0.25) is 4.79 Å². The number of likely N-dealkylation sites (N-methyl/N-ethyl adjacent to an activating group) is 1. The number of carbonyl (C=O) groups excluding carboxylic acids is 1. The maximum absolute atomic E-state index is 12.2. The summed E-state index contributed by atoms with van der Waals surface area (Å²) in [7, 11) is 1.69. The zero-order valence-electron chi connectivity index (χ0n) is 15.3. The molecule has 0 saturated carbocycles. The molecule has 2 N–H and O–H groups in total. The second-order valence-electron chi connectivity index (χ2n) is 6.17. The van der Waals surface area contributed by atoms with E-state index < -0.39 is 0 Å². The summed E-state index contributed by atoms with van der Waals surface area (Å²) in [4.78, 5) is 26.7. The number of fused-ring (bicyclic) bond motifs is 1. The lowest BCUT2D eigenvalue weighted by Gasteiger charge is -2.20. The molecule has 0 bridgehead atoms. The smallest absolute Gasteiger partial charge is 0.319 e. The summed E-state index contributed by atoms with van der Waals surface area (Å²) in [5.74, 6) is 0. The van der Waals surface area contributed by atoms with E-state index in [-0.39, 0.29) is 11.6 Å². The van der Waals surface area contributed by atoms with E-state index >= 15 is 0 Å². The number of unbranched alkanes of at least 4 members (excludes halogenated alkanes) is 1. The van der Waals surface area contributed by atoms with Crippen LogP contribution in [0.5, 0.6) is 0 Å². The van der Waals surface area contributed by atoms with Crippen molar-refractivity contribution in [2.75, 3.05) is 31.5 Å². The van der Waals surface area contributed by atoms with Gasteiger partial charge >= 0.3 is 6.03 Å². The molecule has 0 aliphatic carbocycles. The van der Waals surface area contributed by atoms with Crippen LogP contribution in [-0.4, -0.2) is 41.7 Å². The summed E-state index contributed by atoms with van der Waals surface area (Å²) in [5, 5.41) is 7.10. The van der Waals surface area contributed by atoms with Crippen molar-refractivity contribution in [2.24, 2.45) is 7.05 Å². The number of urea groups is 1. The highest BCUT2D eigenvalue weighted by Gasteiger charge is 2.09. The van der Waals surface area contributed by atoms with E-state index in [0.717, 1.165) is 25.0 Å². The van der Waals surface area contributed by atoms with E-state index in [1.165, 1.54) is 17.4 Å². The molecule has 2 rings (SSSR count). The molecule has 0 spiro atoms. The maximum atomic E-state index is 12.2. The molecule has 0 atom stereocenters. The molecule has 0 aliphatic rings. The summed E-state index contributed by atoms with van der Waals surface area (Å²) >= 11 is 0. The van der Waals surface area contributed by atoms with Gasteiger partial charge in [-0.1, -0.05) is 38.5 Å². The molecule has 25 heavy (non-hydrogen) atoms. The van der Waals surface area contributed by atoms with Crippen LogP contribution in [0.3, 0.4) is 0 Å². The Bertz CT molecular complexity index is 770. The minimum Gasteiger partial charge on any atom is -0.337 e. The van der Waals surface area contributed by atoms with Gasteiger partial charge in [0.2, 0.25) is 0 Å². The van der Waals surface area contributed by atoms with E-state index in [1.54, 1.807) is 19.3 Å². The van der Waals surface area contributed by atoms with Gasteiger partial charge in [-0.2, -0.15) is 0 Å². The van der Waals surface area contributed by atoms with E-state index in [0.29, 0.717) is 17.6 Å². The predicted molar refractivity (Wildman–Crippen MR) is 103 cm³/mol. The van der Waals surface area contributed by atoms with Crippen LogP contribution in [-0.2, 0) is 7.05 Å². The molecule has 0 unspecified atom stereocenters. The molecular weight excluding hydrogens is 316 g/mol. The third kappa shape index (κ3) is 5.06. The van der Waals surface area contributed by atoms with Crippen LogP contribution in [0.2, 0.25) is 0 Å². The summed E-state index contributed by atoms with van der Waals surface area (Å²) in [6.45, 7) is 7.77. The first-order valence-corrected chi connectivity index (χ1v) is 8.92. The third-order valence-corrected chi connectivity index (χ3v) is 4.33. The number of hydrogen-bond donors (Lipinski definition) is 2. The van der Waals surface area contributed by atoms with Crippen molar-refractivity contribution in [3.63, 3.8) is 0 Å². The topological polar surface area (TPSA) is 66.4 Å². The second kappa shape index (κ2) is 9.22. The predicted octanol–water partition coefficient (Wildman–Crippen LogP) is 2.78. The standard InChI is InChI=1S/C19H28N4O2/c1-4-6-12-23(5-2)13-11-20-19(25)21-17-14-22(3)18(24)16-10-8-7-9-15(16)17/h7-10,14H,4-6,11-13H2,1-3H3,(H2,20,21,25). The maximum Gasteiger partial charge on any atom is 0.319 e. The quantitative estimate of drug-likeness (QED) is 0.774. The monoisotopic (exact) mass is 344 g/mol. The van der Waals surface area contributed by atoms with Crippen LogP contribution >= 0.6 is 0 Å². The molecule has 6 heteroatoms. The Labute approximate surface area is 148 Å². The fourth-order valence-electron chi connectivity index (χ4n) is 2.82. The lowest BCUT2D eigenvalue weighted by molar-refractivity contribution is 0.246. The lowest BCUT2D eigenvalue weighted by atomic mass is 10.1. The zero-order valence-corrected chi connectivity index (χ0v) is 15.3. The van der Waals surface area contributed by atoms with Crippen molar-refractivity contribution in [3.05, 3.63) is 40.8 Å². The van der Waals surface area contributed by atoms with Crippen LogP contribution in [0.25, 0.3) is 10.8 Å². The van der Waals surface area contributed by atoms with E-state index in [9.17, 15) is 9.59 Å². The fraction of sp³-hybridized carbons (Fsp3) is 0.474. The van der Waals surface area contributed by atoms with Crippen LogP contribution < -0.4 is 16.2 Å². The fourth-order valence-corrected chi connectivity index (χ4v) is 2.82. The molecule has 2 amide bonds. The number of benzene rings is 1. The summed E-state index contributed by atoms with van der Waals surface area (Å²) in [5.41, 5.74) is 0.560. The van der Waals surface area contributed by atoms with Crippen molar-refractivity contribution in [1.29, 1.82) is 0 Å². The number of nitrogens with zero attached hydrogens (tertiary/aromatic N) is 2. The van der Waals surface area contributed by atoms with Crippen LogP contribution in [0.15, 0.2) is 35.3 Å². The van der Waals surface area contributed by atoms with Gasteiger partial charge in [-0.25, -0.2) is 4.79 Å². The number of aryl methyl sites for hydroxylation is 1. The third-order valence-electron chi connectivity index (χ3n) is 4.33. The second-order valence-corrected chi connectivity index (χ2v) is 6.17. The summed E-state index contributed by atoms with van der Waals surface area (Å²) in [6, 6.07) is 7.04. The zero-order chi connectivity index (χ0) is 18.2. The number of rotatable bonds is 8. The average Bonchev–Trinajstić information content (AvgIpc) is 2.62. The average molecular weight is 344 g/mol. The van der Waals surface area contributed by atoms with Gasteiger partial charge in [0, 0.05) is 37.1 Å². The first kappa shape index (κ1) is 19.0. The molecule has 1 heterocycles.